The van der Waals surface area contributed by atoms with Crippen LogP contribution in [0.3, 0.4) is 0 Å². The zero-order valence-electron chi connectivity index (χ0n) is 30.0. The van der Waals surface area contributed by atoms with Gasteiger partial charge in [0.05, 0.1) is 29.4 Å². The van der Waals surface area contributed by atoms with Crippen LogP contribution in [0.1, 0.15) is 43.6 Å². The van der Waals surface area contributed by atoms with Crippen LogP contribution < -0.4 is 16.2 Å². The number of aromatic nitrogens is 4. The summed E-state index contributed by atoms with van der Waals surface area (Å²) < 4.78 is 8.76. The van der Waals surface area contributed by atoms with Gasteiger partial charge in [-0.15, -0.1) is 5.10 Å². The Kier molecular flexibility index (Phi) is 10.4. The molecular formula is C40H44N6O5Si. The van der Waals surface area contributed by atoms with Crippen LogP contribution in [0.15, 0.2) is 102 Å². The summed E-state index contributed by atoms with van der Waals surface area (Å²) in [5, 5.41) is 35.5. The van der Waals surface area contributed by atoms with Gasteiger partial charge in [0.1, 0.15) is 11.3 Å². The van der Waals surface area contributed by atoms with Gasteiger partial charge in [-0.05, 0) is 70.7 Å². The number of hydrogen-bond donors (Lipinski definition) is 5. The van der Waals surface area contributed by atoms with Crippen LogP contribution in [0.2, 0.25) is 18.1 Å². The number of carbonyl (C=O) groups is 1. The number of carboxylic acid groups (broad SMARTS) is 1. The van der Waals surface area contributed by atoms with Gasteiger partial charge in [-0.25, -0.2) is 9.48 Å². The molecule has 11 nitrogen and oxygen atoms in total. The minimum atomic E-state index is -2.21. The maximum Gasteiger partial charge on any atom is 0.409 e. The maximum absolute atomic E-state index is 12.1. The molecule has 0 aliphatic carbocycles. The summed E-state index contributed by atoms with van der Waals surface area (Å²) in [4.78, 5) is 26.3. The number of rotatable bonds is 12. The van der Waals surface area contributed by atoms with Crippen LogP contribution in [-0.2, 0) is 17.5 Å². The highest BCUT2D eigenvalue weighted by Gasteiger charge is 2.39. The number of H-pyrrole nitrogens is 1. The van der Waals surface area contributed by atoms with Crippen molar-refractivity contribution in [3.63, 3.8) is 0 Å². The van der Waals surface area contributed by atoms with Crippen molar-refractivity contribution >= 4 is 48.1 Å². The van der Waals surface area contributed by atoms with E-state index in [4.69, 9.17) is 4.43 Å². The van der Waals surface area contributed by atoms with E-state index in [0.717, 1.165) is 44.2 Å². The van der Waals surface area contributed by atoms with Crippen molar-refractivity contribution in [1.82, 2.24) is 25.3 Å². The van der Waals surface area contributed by atoms with E-state index in [1.165, 1.54) is 6.07 Å². The number of aromatic hydroxyl groups is 1. The van der Waals surface area contributed by atoms with Gasteiger partial charge in [0, 0.05) is 30.1 Å². The number of anilines is 1. The fourth-order valence-electron chi connectivity index (χ4n) is 5.94. The molecule has 0 saturated carbocycles. The Morgan fingerprint density at radius 2 is 1.81 bits per heavy atom. The molecule has 0 fully saturated rings. The van der Waals surface area contributed by atoms with E-state index in [-0.39, 0.29) is 22.5 Å². The molecule has 2 aromatic heterocycles. The number of fused-ring (bicyclic) bond motifs is 2. The van der Waals surface area contributed by atoms with Crippen molar-refractivity contribution in [2.75, 3.05) is 11.9 Å². The van der Waals surface area contributed by atoms with Crippen LogP contribution in [0.5, 0.6) is 5.75 Å². The molecule has 2 heterocycles. The zero-order valence-corrected chi connectivity index (χ0v) is 31.0. The number of allylic oxidation sites excluding steroid dienone is 1. The largest absolute Gasteiger partial charge is 0.506 e. The molecule has 0 aliphatic heterocycles. The highest BCUT2D eigenvalue weighted by molar-refractivity contribution is 6.74. The maximum atomic E-state index is 12.1. The molecule has 1 atom stereocenters. The van der Waals surface area contributed by atoms with Crippen LogP contribution >= 0.6 is 0 Å². The second-order valence-corrected chi connectivity index (χ2v) is 19.1. The lowest BCUT2D eigenvalue weighted by atomic mass is 10.0. The molecule has 6 rings (SSSR count). The summed E-state index contributed by atoms with van der Waals surface area (Å²) in [6, 6.07) is 28.1. The summed E-state index contributed by atoms with van der Waals surface area (Å²) in [6.07, 6.45) is 2.46. The first-order valence-corrected chi connectivity index (χ1v) is 20.1. The van der Waals surface area contributed by atoms with Crippen LogP contribution in [0.25, 0.3) is 39.1 Å². The molecule has 0 radical (unpaired) electrons. The third kappa shape index (κ3) is 8.15. The van der Waals surface area contributed by atoms with Gasteiger partial charge in [0.25, 0.3) is 0 Å². The molecule has 268 valence electrons. The van der Waals surface area contributed by atoms with Gasteiger partial charge >= 0.3 is 6.09 Å². The second-order valence-electron chi connectivity index (χ2n) is 14.4. The number of hydrogen-bond acceptors (Lipinski definition) is 7. The van der Waals surface area contributed by atoms with E-state index in [9.17, 15) is 19.8 Å². The summed E-state index contributed by atoms with van der Waals surface area (Å²) in [7, 11) is -2.21. The summed E-state index contributed by atoms with van der Waals surface area (Å²) in [5.41, 5.74) is 6.82. The number of benzene rings is 4. The Balaban J connectivity index is 1.15. The standard InChI is InChI=1S/C40H44N6O5Si/c1-40(2,3)52(4,5)51-36(30-16-19-35(47)38-31(30)17-20-37(48)43-38)25-41-24-27-14-18-34-33(23-27)44-45-46(34)21-9-10-26-13-15-29(28-11-7-6-8-12-28)32(22-26)42-39(49)50/h6-20,22-23,36,41-42,47H,21,24-25H2,1-5H3,(H,43,48)(H,49,50)/b10-9+/t36-/m0/s1. The number of aromatic amines is 1. The number of nitrogens with one attached hydrogen (secondary N) is 3. The first-order chi connectivity index (χ1) is 24.8. The number of amides is 1. The normalized spacial score (nSPS) is 12.9. The average Bonchev–Trinajstić information content (AvgIpc) is 3.50. The van der Waals surface area contributed by atoms with Crippen molar-refractivity contribution in [1.29, 1.82) is 0 Å². The lowest BCUT2D eigenvalue weighted by molar-refractivity contribution is 0.181. The SMILES string of the molecule is CC(C)(C)[Si](C)(C)O[C@@H](CNCc1ccc2c(c1)nnn2C/C=C/c1ccc(-c2ccccc2)c(NC(=O)O)c1)c1ccc(O)c2[nH]c(=O)ccc12. The van der Waals surface area contributed by atoms with E-state index < -0.39 is 14.4 Å². The van der Waals surface area contributed by atoms with Crippen molar-refractivity contribution in [2.24, 2.45) is 0 Å². The van der Waals surface area contributed by atoms with E-state index in [2.05, 4.69) is 65.9 Å². The third-order valence-corrected chi connectivity index (χ3v) is 14.2. The fraction of sp³-hybridized carbons (Fsp3) is 0.250. The predicted molar refractivity (Wildman–Crippen MR) is 209 cm³/mol. The highest BCUT2D eigenvalue weighted by Crippen LogP contribution is 2.41. The Labute approximate surface area is 303 Å². The number of pyridine rings is 1. The minimum absolute atomic E-state index is 0.0204. The van der Waals surface area contributed by atoms with Gasteiger partial charge < -0.3 is 24.9 Å². The quantitative estimate of drug-likeness (QED) is 0.0793. The Bertz CT molecular complexity index is 2310. The number of nitrogens with zero attached hydrogens (tertiary/aromatic N) is 3. The van der Waals surface area contributed by atoms with Crippen molar-refractivity contribution in [3.05, 3.63) is 124 Å². The van der Waals surface area contributed by atoms with Gasteiger partial charge in [-0.3, -0.25) is 10.1 Å². The van der Waals surface area contributed by atoms with E-state index in [1.54, 1.807) is 12.1 Å². The lowest BCUT2D eigenvalue weighted by Crippen LogP contribution is -2.43. The summed E-state index contributed by atoms with van der Waals surface area (Å²) in [6.45, 7) is 12.6. The van der Waals surface area contributed by atoms with Crippen LogP contribution in [0, 0.1) is 0 Å². The van der Waals surface area contributed by atoms with Crippen molar-refractivity contribution in [2.45, 2.75) is 58.1 Å². The Hall–Kier alpha value is -5.56. The second kappa shape index (κ2) is 15.0. The van der Waals surface area contributed by atoms with Gasteiger partial charge in [0.15, 0.2) is 8.32 Å². The molecule has 5 N–H and O–H groups in total. The van der Waals surface area contributed by atoms with Crippen LogP contribution in [-0.4, -0.2) is 51.1 Å². The molecule has 0 aliphatic rings. The van der Waals surface area contributed by atoms with E-state index in [0.29, 0.717) is 30.8 Å². The first kappa shape index (κ1) is 36.2. The molecule has 0 bridgehead atoms. The first-order valence-electron chi connectivity index (χ1n) is 17.2. The average molecular weight is 717 g/mol. The molecule has 0 spiro atoms. The van der Waals surface area contributed by atoms with Crippen LogP contribution in [0.4, 0.5) is 10.5 Å². The smallest absolute Gasteiger partial charge is 0.409 e. The monoisotopic (exact) mass is 716 g/mol. The highest BCUT2D eigenvalue weighted by atomic mass is 28.4. The molecule has 4 aromatic carbocycles. The molecule has 0 unspecified atom stereocenters. The fourth-order valence-corrected chi connectivity index (χ4v) is 7.21. The molecule has 6 aromatic rings. The molecule has 52 heavy (non-hydrogen) atoms. The van der Waals surface area contributed by atoms with Gasteiger partial charge in [-0.1, -0.05) is 92.7 Å². The summed E-state index contributed by atoms with van der Waals surface area (Å²) >= 11 is 0. The number of phenolic OH excluding ortho intramolecular Hbond substituents is 1. The molecule has 12 heteroatoms. The third-order valence-electron chi connectivity index (χ3n) is 9.69. The number of phenols is 1. The van der Waals surface area contributed by atoms with Gasteiger partial charge in [-0.2, -0.15) is 0 Å². The molecule has 1 amide bonds. The Morgan fingerprint density at radius 3 is 2.56 bits per heavy atom. The topological polar surface area (TPSA) is 154 Å². The van der Waals surface area contributed by atoms with Crippen molar-refractivity contribution < 1.29 is 19.4 Å². The van der Waals surface area contributed by atoms with E-state index in [1.807, 2.05) is 83.6 Å². The van der Waals surface area contributed by atoms with Crippen molar-refractivity contribution in [3.8, 4) is 16.9 Å². The molecule has 0 saturated heterocycles. The molecular weight excluding hydrogens is 673 g/mol. The predicted octanol–water partition coefficient (Wildman–Crippen LogP) is 8.30. The minimum Gasteiger partial charge on any atom is -0.506 e. The van der Waals surface area contributed by atoms with E-state index >= 15 is 0 Å². The Morgan fingerprint density at radius 1 is 1.02 bits per heavy atom. The van der Waals surface area contributed by atoms with Gasteiger partial charge in [0.2, 0.25) is 5.56 Å². The lowest BCUT2D eigenvalue weighted by Gasteiger charge is -2.39. The summed E-state index contributed by atoms with van der Waals surface area (Å²) in [5.74, 6) is 0.0204. The zero-order chi connectivity index (χ0) is 37.0.